The molecule has 0 aliphatic carbocycles. The van der Waals surface area contributed by atoms with Gasteiger partial charge in [0.25, 0.3) is 0 Å². The fourth-order valence-corrected chi connectivity index (χ4v) is 2.14. The molecule has 2 rings (SSSR count). The Labute approximate surface area is 91.7 Å². The minimum Gasteiger partial charge on any atom is -0.388 e. The molecule has 0 amide bonds. The predicted molar refractivity (Wildman–Crippen MR) is 67.1 cm³/mol. The third-order valence-corrected chi connectivity index (χ3v) is 3.25. The van der Waals surface area contributed by atoms with E-state index in [1.54, 1.807) is 0 Å². The average Bonchev–Trinajstić information content (AvgIpc) is 2.25. The first-order valence-electron chi connectivity index (χ1n) is 5.39. The molecule has 15 heavy (non-hydrogen) atoms. The van der Waals surface area contributed by atoms with Crippen LogP contribution in [0.5, 0.6) is 0 Å². The molecule has 3 heteroatoms. The molecule has 1 atom stereocenters. The van der Waals surface area contributed by atoms with E-state index in [2.05, 4.69) is 54.3 Å². The number of benzene rings is 1. The van der Waals surface area contributed by atoms with Gasteiger partial charge in [-0.15, -0.1) is 0 Å². The van der Waals surface area contributed by atoms with E-state index in [1.165, 1.54) is 17.1 Å². The van der Waals surface area contributed by atoms with E-state index in [-0.39, 0.29) is 0 Å². The summed E-state index contributed by atoms with van der Waals surface area (Å²) in [5.74, 6) is 0. The largest absolute Gasteiger partial charge is 0.388 e. The topological polar surface area (TPSA) is 18.5 Å². The number of hydrogen-bond donors (Lipinski definition) is 1. The van der Waals surface area contributed by atoms with Gasteiger partial charge < -0.3 is 15.1 Å². The number of fused-ring (bicyclic) bond motifs is 1. The molecule has 82 valence electrons. The molecule has 0 fully saturated rings. The molecule has 3 nitrogen and oxygen atoms in total. The quantitative estimate of drug-likeness (QED) is 0.756. The van der Waals surface area contributed by atoms with Crippen molar-refractivity contribution < 1.29 is 0 Å². The highest BCUT2D eigenvalue weighted by Gasteiger charge is 2.23. The van der Waals surface area contributed by atoms with Crippen molar-refractivity contribution in [3.63, 3.8) is 0 Å². The van der Waals surface area contributed by atoms with Crippen molar-refractivity contribution in [2.24, 2.45) is 0 Å². The van der Waals surface area contributed by atoms with Gasteiger partial charge in [-0.2, -0.15) is 0 Å². The first-order valence-corrected chi connectivity index (χ1v) is 5.39. The zero-order chi connectivity index (χ0) is 11.0. The lowest BCUT2D eigenvalue weighted by Crippen LogP contribution is -2.43. The second kappa shape index (κ2) is 3.65. The maximum Gasteiger partial charge on any atom is 0.0622 e. The summed E-state index contributed by atoms with van der Waals surface area (Å²) in [7, 11) is 6.27. The van der Waals surface area contributed by atoms with Gasteiger partial charge in [0.1, 0.15) is 0 Å². The van der Waals surface area contributed by atoms with Gasteiger partial charge in [0.05, 0.1) is 11.4 Å². The second-order valence-electron chi connectivity index (χ2n) is 4.29. The molecule has 1 unspecified atom stereocenters. The lowest BCUT2D eigenvalue weighted by atomic mass is 10.1. The van der Waals surface area contributed by atoms with Crippen molar-refractivity contribution >= 4 is 17.1 Å². The molecule has 1 aromatic carbocycles. The van der Waals surface area contributed by atoms with Crippen LogP contribution < -0.4 is 15.1 Å². The number of nitrogens with zero attached hydrogens (tertiary/aromatic N) is 2. The Kier molecular flexibility index (Phi) is 2.47. The van der Waals surface area contributed by atoms with Gasteiger partial charge in [-0.25, -0.2) is 0 Å². The molecular formula is C12H19N3. The first kappa shape index (κ1) is 10.1. The molecule has 0 saturated carbocycles. The molecule has 1 aliphatic rings. The van der Waals surface area contributed by atoms with Gasteiger partial charge in [-0.3, -0.25) is 0 Å². The Bertz CT molecular complexity index is 362. The van der Waals surface area contributed by atoms with Gasteiger partial charge in [-0.1, -0.05) is 0 Å². The third kappa shape index (κ3) is 1.62. The Morgan fingerprint density at radius 3 is 2.67 bits per heavy atom. The minimum absolute atomic E-state index is 0.572. The van der Waals surface area contributed by atoms with E-state index in [0.717, 1.165) is 6.54 Å². The summed E-state index contributed by atoms with van der Waals surface area (Å²) in [5.41, 5.74) is 3.79. The Morgan fingerprint density at radius 2 is 2.00 bits per heavy atom. The summed E-state index contributed by atoms with van der Waals surface area (Å²) < 4.78 is 0. The van der Waals surface area contributed by atoms with Gasteiger partial charge in [-0.05, 0) is 25.1 Å². The SMILES string of the molecule is CNc1ccc2c(c1)N(C)CC(C)N2C. The second-order valence-corrected chi connectivity index (χ2v) is 4.29. The van der Waals surface area contributed by atoms with E-state index < -0.39 is 0 Å². The number of anilines is 3. The summed E-state index contributed by atoms with van der Waals surface area (Å²) >= 11 is 0. The van der Waals surface area contributed by atoms with Crippen molar-refractivity contribution in [3.05, 3.63) is 18.2 Å². The van der Waals surface area contributed by atoms with Crippen LogP contribution in [0.1, 0.15) is 6.92 Å². The van der Waals surface area contributed by atoms with Crippen LogP contribution in [0.2, 0.25) is 0 Å². The van der Waals surface area contributed by atoms with Gasteiger partial charge >= 0.3 is 0 Å². The van der Waals surface area contributed by atoms with E-state index in [1.807, 2.05) is 7.05 Å². The maximum atomic E-state index is 3.18. The van der Waals surface area contributed by atoms with E-state index >= 15 is 0 Å². The summed E-state index contributed by atoms with van der Waals surface area (Å²) in [6.45, 7) is 3.34. The molecule has 0 aromatic heterocycles. The smallest absolute Gasteiger partial charge is 0.0622 e. The fraction of sp³-hybridized carbons (Fsp3) is 0.500. The lowest BCUT2D eigenvalue weighted by molar-refractivity contribution is 0.648. The predicted octanol–water partition coefficient (Wildman–Crippen LogP) is 2.00. The highest BCUT2D eigenvalue weighted by molar-refractivity contribution is 5.77. The highest BCUT2D eigenvalue weighted by atomic mass is 15.3. The zero-order valence-corrected chi connectivity index (χ0v) is 9.91. The van der Waals surface area contributed by atoms with Crippen LogP contribution in [0.25, 0.3) is 0 Å². The summed E-state index contributed by atoms with van der Waals surface area (Å²) in [6.07, 6.45) is 0. The molecular weight excluding hydrogens is 186 g/mol. The normalized spacial score (nSPS) is 20.1. The van der Waals surface area contributed by atoms with Crippen molar-refractivity contribution in [3.8, 4) is 0 Å². The molecule has 0 radical (unpaired) electrons. The van der Waals surface area contributed by atoms with Crippen molar-refractivity contribution in [2.75, 3.05) is 42.8 Å². The number of likely N-dealkylation sites (N-methyl/N-ethyl adjacent to an activating group) is 2. The van der Waals surface area contributed by atoms with Crippen LogP contribution in [-0.4, -0.2) is 33.7 Å². The molecule has 1 N–H and O–H groups in total. The van der Waals surface area contributed by atoms with Crippen LogP contribution in [0.15, 0.2) is 18.2 Å². The Hall–Kier alpha value is -1.38. The standard InChI is InChI=1S/C12H19N3/c1-9-8-14(3)12-7-10(13-2)5-6-11(12)15(9)4/h5-7,9,13H,8H2,1-4H3. The minimum atomic E-state index is 0.572. The number of hydrogen-bond acceptors (Lipinski definition) is 3. The zero-order valence-electron chi connectivity index (χ0n) is 9.91. The fourth-order valence-electron chi connectivity index (χ4n) is 2.14. The van der Waals surface area contributed by atoms with Crippen LogP contribution in [0, 0.1) is 0 Å². The van der Waals surface area contributed by atoms with E-state index in [0.29, 0.717) is 6.04 Å². The highest BCUT2D eigenvalue weighted by Crippen LogP contribution is 2.35. The molecule has 1 aromatic rings. The van der Waals surface area contributed by atoms with Crippen molar-refractivity contribution in [1.82, 2.24) is 0 Å². The molecule has 0 spiro atoms. The van der Waals surface area contributed by atoms with Gasteiger partial charge in [0, 0.05) is 39.4 Å². The average molecular weight is 205 g/mol. The molecule has 1 heterocycles. The summed E-state index contributed by atoms with van der Waals surface area (Å²) in [6, 6.07) is 7.09. The monoisotopic (exact) mass is 205 g/mol. The number of nitrogens with one attached hydrogen (secondary N) is 1. The Morgan fingerprint density at radius 1 is 1.27 bits per heavy atom. The van der Waals surface area contributed by atoms with Crippen LogP contribution in [-0.2, 0) is 0 Å². The summed E-state index contributed by atoms with van der Waals surface area (Å²) in [4.78, 5) is 4.66. The summed E-state index contributed by atoms with van der Waals surface area (Å²) in [5, 5.41) is 3.18. The molecule has 0 bridgehead atoms. The van der Waals surface area contributed by atoms with Crippen LogP contribution in [0.3, 0.4) is 0 Å². The maximum absolute atomic E-state index is 3.18. The van der Waals surface area contributed by atoms with E-state index in [4.69, 9.17) is 0 Å². The van der Waals surface area contributed by atoms with Gasteiger partial charge in [0.15, 0.2) is 0 Å². The van der Waals surface area contributed by atoms with Crippen LogP contribution >= 0.6 is 0 Å². The molecule has 0 saturated heterocycles. The van der Waals surface area contributed by atoms with Crippen LogP contribution in [0.4, 0.5) is 17.1 Å². The Balaban J connectivity index is 2.46. The van der Waals surface area contributed by atoms with E-state index in [9.17, 15) is 0 Å². The molecule has 1 aliphatic heterocycles. The van der Waals surface area contributed by atoms with Crippen molar-refractivity contribution in [2.45, 2.75) is 13.0 Å². The van der Waals surface area contributed by atoms with Crippen molar-refractivity contribution in [1.29, 1.82) is 0 Å². The van der Waals surface area contributed by atoms with Gasteiger partial charge in [0.2, 0.25) is 0 Å². The number of rotatable bonds is 1. The first-order chi connectivity index (χ1) is 7.13. The third-order valence-electron chi connectivity index (χ3n) is 3.25. The lowest BCUT2D eigenvalue weighted by Gasteiger charge is -2.40.